The highest BCUT2D eigenvalue weighted by atomic mass is 16.4. The number of aliphatic hydroxyl groups excluding tert-OH is 1. The zero-order valence-corrected chi connectivity index (χ0v) is 15.8. The van der Waals surface area contributed by atoms with Gasteiger partial charge < -0.3 is 10.2 Å². The van der Waals surface area contributed by atoms with E-state index < -0.39 is 12.1 Å². The van der Waals surface area contributed by atoms with Gasteiger partial charge in [-0.05, 0) is 38.5 Å². The molecule has 0 aliphatic rings. The first kappa shape index (κ1) is 23.4. The zero-order chi connectivity index (χ0) is 18.6. The van der Waals surface area contributed by atoms with Gasteiger partial charge in [-0.15, -0.1) is 0 Å². The van der Waals surface area contributed by atoms with E-state index in [9.17, 15) is 9.90 Å². The molecule has 142 valence electrons. The number of carboxylic acids is 1. The van der Waals surface area contributed by atoms with Crippen LogP contribution in [0.5, 0.6) is 0 Å². The van der Waals surface area contributed by atoms with Gasteiger partial charge in [0.1, 0.15) is 0 Å². The number of hydrogen-bond acceptors (Lipinski definition) is 2. The van der Waals surface area contributed by atoms with Crippen LogP contribution in [0.15, 0.2) is 48.6 Å². The lowest BCUT2D eigenvalue weighted by molar-refractivity contribution is -0.137. The fraction of sp³-hybridized carbons (Fsp3) is 0.591. The third-order valence-electron chi connectivity index (χ3n) is 3.82. The predicted molar refractivity (Wildman–Crippen MR) is 107 cm³/mol. The van der Waals surface area contributed by atoms with E-state index in [4.69, 9.17) is 5.11 Å². The van der Waals surface area contributed by atoms with E-state index in [2.05, 4.69) is 37.3 Å². The smallest absolute Gasteiger partial charge is 0.303 e. The van der Waals surface area contributed by atoms with Crippen molar-refractivity contribution in [2.24, 2.45) is 0 Å². The second kappa shape index (κ2) is 18.7. The summed E-state index contributed by atoms with van der Waals surface area (Å²) in [5.41, 5.74) is 0. The predicted octanol–water partition coefficient (Wildman–Crippen LogP) is 5.97. The van der Waals surface area contributed by atoms with Crippen molar-refractivity contribution in [3.8, 4) is 0 Å². The number of rotatable bonds is 16. The topological polar surface area (TPSA) is 57.5 Å². The van der Waals surface area contributed by atoms with Gasteiger partial charge in [0, 0.05) is 6.42 Å². The van der Waals surface area contributed by atoms with Gasteiger partial charge in [-0.2, -0.15) is 0 Å². The first-order valence-corrected chi connectivity index (χ1v) is 9.70. The van der Waals surface area contributed by atoms with Crippen LogP contribution in [0, 0.1) is 0 Å². The number of unbranched alkanes of at least 4 members (excludes halogenated alkanes) is 5. The summed E-state index contributed by atoms with van der Waals surface area (Å²) in [4.78, 5) is 10.4. The van der Waals surface area contributed by atoms with Crippen LogP contribution < -0.4 is 0 Å². The molecule has 0 aromatic heterocycles. The van der Waals surface area contributed by atoms with E-state index in [1.165, 1.54) is 25.7 Å². The standard InChI is InChI=1S/C22H36O3/c1-2-3-4-5-6-7-8-9-10-11-12-13-15-18-21(23)19-16-14-17-20-22(24)25/h6-7,9-10,12-13,15,18,21,23H,2-5,8,11,14,16-17,19-20H2,1H3,(H,24,25)/b7-6+,10-9+,13-12+,18-15+. The summed E-state index contributed by atoms with van der Waals surface area (Å²) in [7, 11) is 0. The Balaban J connectivity index is 3.57. The van der Waals surface area contributed by atoms with E-state index in [0.717, 1.165) is 25.7 Å². The van der Waals surface area contributed by atoms with E-state index in [0.29, 0.717) is 12.8 Å². The first-order valence-electron chi connectivity index (χ1n) is 9.70. The fourth-order valence-corrected chi connectivity index (χ4v) is 2.33. The molecule has 0 saturated heterocycles. The van der Waals surface area contributed by atoms with Crippen LogP contribution in [0.4, 0.5) is 0 Å². The number of carboxylic acid groups (broad SMARTS) is 1. The normalized spacial score (nSPS) is 13.7. The number of aliphatic hydroxyl groups is 1. The number of allylic oxidation sites excluding steroid dienone is 7. The zero-order valence-electron chi connectivity index (χ0n) is 15.8. The van der Waals surface area contributed by atoms with Crippen LogP contribution in [0.25, 0.3) is 0 Å². The van der Waals surface area contributed by atoms with Crippen LogP contribution >= 0.6 is 0 Å². The van der Waals surface area contributed by atoms with E-state index >= 15 is 0 Å². The minimum Gasteiger partial charge on any atom is -0.481 e. The molecule has 0 aliphatic heterocycles. The Kier molecular flexibility index (Phi) is 17.5. The number of carbonyl (C=O) groups is 1. The summed E-state index contributed by atoms with van der Waals surface area (Å²) >= 11 is 0. The molecule has 0 heterocycles. The molecule has 0 spiro atoms. The molecule has 1 unspecified atom stereocenters. The molecule has 25 heavy (non-hydrogen) atoms. The molecule has 0 rings (SSSR count). The van der Waals surface area contributed by atoms with Crippen LogP contribution in [-0.4, -0.2) is 22.3 Å². The van der Waals surface area contributed by atoms with Gasteiger partial charge in [0.2, 0.25) is 0 Å². The molecule has 0 aliphatic carbocycles. The summed E-state index contributed by atoms with van der Waals surface area (Å²) in [6.07, 6.45) is 26.3. The second-order valence-electron chi connectivity index (χ2n) is 6.28. The van der Waals surface area contributed by atoms with Crippen molar-refractivity contribution in [2.75, 3.05) is 0 Å². The SMILES string of the molecule is CCCCC/C=C/C/C=C/C/C=C/C=C/C(O)CCCCCC(=O)O. The molecule has 1 atom stereocenters. The Morgan fingerprint density at radius 1 is 0.880 bits per heavy atom. The molecule has 0 aromatic carbocycles. The molecular formula is C22H36O3. The minimum absolute atomic E-state index is 0.219. The van der Waals surface area contributed by atoms with Crippen molar-refractivity contribution < 1.29 is 15.0 Å². The third kappa shape index (κ3) is 20.3. The average molecular weight is 349 g/mol. The van der Waals surface area contributed by atoms with Crippen molar-refractivity contribution >= 4 is 5.97 Å². The molecule has 0 saturated carbocycles. The molecule has 2 N–H and O–H groups in total. The lowest BCUT2D eigenvalue weighted by Crippen LogP contribution is -2.01. The van der Waals surface area contributed by atoms with E-state index in [-0.39, 0.29) is 6.42 Å². The maximum Gasteiger partial charge on any atom is 0.303 e. The van der Waals surface area contributed by atoms with Crippen molar-refractivity contribution in [1.82, 2.24) is 0 Å². The largest absolute Gasteiger partial charge is 0.481 e. The molecule has 0 aromatic rings. The summed E-state index contributed by atoms with van der Waals surface area (Å²) in [5, 5.41) is 18.3. The van der Waals surface area contributed by atoms with Gasteiger partial charge >= 0.3 is 5.97 Å². The summed E-state index contributed by atoms with van der Waals surface area (Å²) < 4.78 is 0. The van der Waals surface area contributed by atoms with Crippen molar-refractivity contribution in [3.63, 3.8) is 0 Å². The van der Waals surface area contributed by atoms with Crippen LogP contribution in [0.2, 0.25) is 0 Å². The highest BCUT2D eigenvalue weighted by molar-refractivity contribution is 5.66. The molecule has 3 heteroatoms. The first-order chi connectivity index (χ1) is 12.2. The van der Waals surface area contributed by atoms with Crippen molar-refractivity contribution in [2.45, 2.75) is 83.7 Å². The molecule has 0 radical (unpaired) electrons. The Hall–Kier alpha value is -1.61. The monoisotopic (exact) mass is 348 g/mol. The lowest BCUT2D eigenvalue weighted by atomic mass is 10.1. The summed E-state index contributed by atoms with van der Waals surface area (Å²) in [6.45, 7) is 2.22. The third-order valence-corrected chi connectivity index (χ3v) is 3.82. The van der Waals surface area contributed by atoms with Gasteiger partial charge in [0.25, 0.3) is 0 Å². The Morgan fingerprint density at radius 3 is 2.32 bits per heavy atom. The summed E-state index contributed by atoms with van der Waals surface area (Å²) in [5.74, 6) is -0.748. The number of hydrogen-bond donors (Lipinski definition) is 2. The number of aliphatic carboxylic acids is 1. The van der Waals surface area contributed by atoms with Crippen LogP contribution in [0.1, 0.15) is 77.6 Å². The van der Waals surface area contributed by atoms with Gasteiger partial charge in [0.05, 0.1) is 6.10 Å². The Morgan fingerprint density at radius 2 is 1.60 bits per heavy atom. The average Bonchev–Trinajstić information content (AvgIpc) is 2.58. The van der Waals surface area contributed by atoms with Crippen molar-refractivity contribution in [3.05, 3.63) is 48.6 Å². The molecule has 0 fully saturated rings. The lowest BCUT2D eigenvalue weighted by Gasteiger charge is -2.03. The molecule has 3 nitrogen and oxygen atoms in total. The maximum atomic E-state index is 10.4. The minimum atomic E-state index is -0.748. The van der Waals surface area contributed by atoms with Crippen LogP contribution in [0.3, 0.4) is 0 Å². The van der Waals surface area contributed by atoms with E-state index in [1.54, 1.807) is 6.08 Å². The quantitative estimate of drug-likeness (QED) is 0.205. The molecular weight excluding hydrogens is 312 g/mol. The molecule has 0 bridgehead atoms. The second-order valence-corrected chi connectivity index (χ2v) is 6.28. The van der Waals surface area contributed by atoms with Crippen molar-refractivity contribution in [1.29, 1.82) is 0 Å². The highest BCUT2D eigenvalue weighted by Gasteiger charge is 2.00. The van der Waals surface area contributed by atoms with Gasteiger partial charge in [-0.1, -0.05) is 81.2 Å². The van der Waals surface area contributed by atoms with Crippen LogP contribution in [-0.2, 0) is 4.79 Å². The maximum absolute atomic E-state index is 10.4. The highest BCUT2D eigenvalue weighted by Crippen LogP contribution is 2.07. The Bertz CT molecular complexity index is 419. The van der Waals surface area contributed by atoms with Gasteiger partial charge in [-0.3, -0.25) is 4.79 Å². The molecule has 0 amide bonds. The van der Waals surface area contributed by atoms with Gasteiger partial charge in [-0.25, -0.2) is 0 Å². The van der Waals surface area contributed by atoms with Gasteiger partial charge in [0.15, 0.2) is 0 Å². The summed E-state index contributed by atoms with van der Waals surface area (Å²) in [6, 6.07) is 0. The fourth-order valence-electron chi connectivity index (χ4n) is 2.33. The van der Waals surface area contributed by atoms with E-state index in [1.807, 2.05) is 12.2 Å². The Labute approximate surface area is 153 Å².